The Balaban J connectivity index is 1.69. The summed E-state index contributed by atoms with van der Waals surface area (Å²) >= 11 is 0. The maximum Gasteiger partial charge on any atom is 0.225 e. The fourth-order valence-corrected chi connectivity index (χ4v) is 3.19. The standard InChI is InChI=1S/C21H31N5/c1-15-10-12-26(13-11-15)18-8-6-17(7-9-18)23-19-14-16(2)22-20(24-19)25-21(3,4)5/h6-9,14-15H,10-13H2,1-5H3,(H2,22,23,24,25). The van der Waals surface area contributed by atoms with Crippen LogP contribution in [0, 0.1) is 12.8 Å². The lowest BCUT2D eigenvalue weighted by Gasteiger charge is -2.32. The van der Waals surface area contributed by atoms with Gasteiger partial charge in [0.05, 0.1) is 0 Å². The largest absolute Gasteiger partial charge is 0.372 e. The van der Waals surface area contributed by atoms with E-state index in [1.807, 2.05) is 13.0 Å². The minimum Gasteiger partial charge on any atom is -0.372 e. The third-order valence-electron chi connectivity index (χ3n) is 4.63. The maximum atomic E-state index is 4.59. The normalized spacial score (nSPS) is 15.8. The number of rotatable bonds is 4. The molecule has 2 heterocycles. The zero-order chi connectivity index (χ0) is 18.7. The summed E-state index contributed by atoms with van der Waals surface area (Å²) in [5, 5.41) is 6.73. The smallest absolute Gasteiger partial charge is 0.225 e. The van der Waals surface area contributed by atoms with Crippen molar-refractivity contribution in [2.24, 2.45) is 5.92 Å². The number of anilines is 4. The summed E-state index contributed by atoms with van der Waals surface area (Å²) in [6.45, 7) is 12.9. The zero-order valence-corrected chi connectivity index (χ0v) is 16.6. The second-order valence-corrected chi connectivity index (χ2v) is 8.43. The molecule has 0 saturated carbocycles. The molecule has 2 N–H and O–H groups in total. The molecule has 1 fully saturated rings. The molecule has 1 aromatic carbocycles. The van der Waals surface area contributed by atoms with Gasteiger partial charge in [-0.05, 0) is 70.7 Å². The number of aromatic nitrogens is 2. The highest BCUT2D eigenvalue weighted by Gasteiger charge is 2.16. The van der Waals surface area contributed by atoms with Gasteiger partial charge in [-0.2, -0.15) is 4.98 Å². The van der Waals surface area contributed by atoms with Crippen LogP contribution in [0.15, 0.2) is 30.3 Å². The molecule has 3 rings (SSSR count). The molecule has 0 unspecified atom stereocenters. The van der Waals surface area contributed by atoms with Gasteiger partial charge in [0.2, 0.25) is 5.95 Å². The number of benzene rings is 1. The molecule has 0 amide bonds. The number of nitrogens with one attached hydrogen (secondary N) is 2. The van der Waals surface area contributed by atoms with Crippen LogP contribution >= 0.6 is 0 Å². The van der Waals surface area contributed by atoms with Crippen LogP contribution < -0.4 is 15.5 Å². The Morgan fingerprint density at radius 1 is 1.04 bits per heavy atom. The molecule has 0 aliphatic carbocycles. The number of hydrogen-bond donors (Lipinski definition) is 2. The Labute approximate surface area is 157 Å². The molecule has 1 aliphatic rings. The third-order valence-corrected chi connectivity index (χ3v) is 4.63. The molecular weight excluding hydrogens is 322 g/mol. The Kier molecular flexibility index (Phi) is 5.35. The molecule has 26 heavy (non-hydrogen) atoms. The van der Waals surface area contributed by atoms with Gasteiger partial charge in [0.15, 0.2) is 0 Å². The van der Waals surface area contributed by atoms with Crippen molar-refractivity contribution in [2.75, 3.05) is 28.6 Å². The summed E-state index contributed by atoms with van der Waals surface area (Å²) in [6.07, 6.45) is 2.56. The Morgan fingerprint density at radius 3 is 2.31 bits per heavy atom. The van der Waals surface area contributed by atoms with Gasteiger partial charge in [-0.3, -0.25) is 0 Å². The fourth-order valence-electron chi connectivity index (χ4n) is 3.19. The predicted octanol–water partition coefficient (Wildman–Crippen LogP) is 4.98. The van der Waals surface area contributed by atoms with E-state index >= 15 is 0 Å². The minimum absolute atomic E-state index is 0.0708. The van der Waals surface area contributed by atoms with Gasteiger partial charge in [-0.25, -0.2) is 4.98 Å². The van der Waals surface area contributed by atoms with Crippen molar-refractivity contribution in [1.29, 1.82) is 0 Å². The number of piperidine rings is 1. The van der Waals surface area contributed by atoms with Crippen LogP contribution in [0.4, 0.5) is 23.1 Å². The van der Waals surface area contributed by atoms with Crippen molar-refractivity contribution in [3.8, 4) is 0 Å². The van der Waals surface area contributed by atoms with Gasteiger partial charge in [0.1, 0.15) is 5.82 Å². The van der Waals surface area contributed by atoms with Gasteiger partial charge < -0.3 is 15.5 Å². The average Bonchev–Trinajstić information content (AvgIpc) is 2.54. The first kappa shape index (κ1) is 18.5. The van der Waals surface area contributed by atoms with Crippen molar-refractivity contribution in [3.63, 3.8) is 0 Å². The van der Waals surface area contributed by atoms with E-state index in [0.29, 0.717) is 5.95 Å². The second kappa shape index (κ2) is 7.52. The summed E-state index contributed by atoms with van der Waals surface area (Å²) in [7, 11) is 0. The van der Waals surface area contributed by atoms with E-state index in [1.165, 1.54) is 18.5 Å². The average molecular weight is 354 g/mol. The summed E-state index contributed by atoms with van der Waals surface area (Å²) in [6, 6.07) is 10.6. The Morgan fingerprint density at radius 2 is 1.69 bits per heavy atom. The highest BCUT2D eigenvalue weighted by Crippen LogP contribution is 2.25. The lowest BCUT2D eigenvalue weighted by molar-refractivity contribution is 0.438. The summed E-state index contributed by atoms with van der Waals surface area (Å²) < 4.78 is 0. The quantitative estimate of drug-likeness (QED) is 0.812. The van der Waals surface area contributed by atoms with Crippen LogP contribution in [0.25, 0.3) is 0 Å². The van der Waals surface area contributed by atoms with Crippen LogP contribution in [0.5, 0.6) is 0 Å². The summed E-state index contributed by atoms with van der Waals surface area (Å²) in [4.78, 5) is 11.5. The highest BCUT2D eigenvalue weighted by molar-refractivity contribution is 5.61. The van der Waals surface area contributed by atoms with Crippen LogP contribution in [-0.2, 0) is 0 Å². The Bertz CT molecular complexity index is 725. The molecule has 2 aromatic rings. The first-order chi connectivity index (χ1) is 12.3. The van der Waals surface area contributed by atoms with Gasteiger partial charge in [-0.1, -0.05) is 6.92 Å². The van der Waals surface area contributed by atoms with Gasteiger partial charge in [0, 0.05) is 41.8 Å². The first-order valence-corrected chi connectivity index (χ1v) is 9.54. The number of aryl methyl sites for hydroxylation is 1. The van der Waals surface area contributed by atoms with Crippen LogP contribution in [0.3, 0.4) is 0 Å². The van der Waals surface area contributed by atoms with E-state index in [-0.39, 0.29) is 5.54 Å². The van der Waals surface area contributed by atoms with Gasteiger partial charge >= 0.3 is 0 Å². The SMILES string of the molecule is Cc1cc(Nc2ccc(N3CCC(C)CC3)cc2)nc(NC(C)(C)C)n1. The van der Waals surface area contributed by atoms with Crippen molar-refractivity contribution < 1.29 is 0 Å². The van der Waals surface area contributed by atoms with E-state index in [1.54, 1.807) is 0 Å². The fraction of sp³-hybridized carbons (Fsp3) is 0.524. The molecule has 0 bridgehead atoms. The van der Waals surface area contributed by atoms with Crippen LogP contribution in [0.2, 0.25) is 0 Å². The molecule has 1 aromatic heterocycles. The highest BCUT2D eigenvalue weighted by atomic mass is 15.2. The summed E-state index contributed by atoms with van der Waals surface area (Å²) in [5.74, 6) is 2.31. The monoisotopic (exact) mass is 353 g/mol. The van der Waals surface area contributed by atoms with E-state index in [4.69, 9.17) is 0 Å². The number of hydrogen-bond acceptors (Lipinski definition) is 5. The van der Waals surface area contributed by atoms with E-state index in [9.17, 15) is 0 Å². The van der Waals surface area contributed by atoms with Crippen molar-refractivity contribution in [1.82, 2.24) is 9.97 Å². The molecular formula is C21H31N5. The molecule has 1 aliphatic heterocycles. The van der Waals surface area contributed by atoms with E-state index in [0.717, 1.165) is 36.2 Å². The predicted molar refractivity (Wildman–Crippen MR) is 110 cm³/mol. The topological polar surface area (TPSA) is 53.1 Å². The molecule has 0 atom stereocenters. The first-order valence-electron chi connectivity index (χ1n) is 9.54. The van der Waals surface area contributed by atoms with E-state index in [2.05, 4.69) is 77.5 Å². The molecule has 140 valence electrons. The lowest BCUT2D eigenvalue weighted by atomic mass is 9.99. The van der Waals surface area contributed by atoms with Gasteiger partial charge in [-0.15, -0.1) is 0 Å². The van der Waals surface area contributed by atoms with E-state index < -0.39 is 0 Å². The van der Waals surface area contributed by atoms with Crippen molar-refractivity contribution in [3.05, 3.63) is 36.0 Å². The maximum absolute atomic E-state index is 4.59. The van der Waals surface area contributed by atoms with Gasteiger partial charge in [0.25, 0.3) is 0 Å². The zero-order valence-electron chi connectivity index (χ0n) is 16.6. The second-order valence-electron chi connectivity index (χ2n) is 8.43. The molecule has 0 radical (unpaired) electrons. The van der Waals surface area contributed by atoms with Crippen LogP contribution in [-0.4, -0.2) is 28.6 Å². The number of nitrogens with zero attached hydrogens (tertiary/aromatic N) is 3. The third kappa shape index (κ3) is 5.10. The molecule has 0 spiro atoms. The van der Waals surface area contributed by atoms with Crippen molar-refractivity contribution >= 4 is 23.1 Å². The molecule has 5 heteroatoms. The summed E-state index contributed by atoms with van der Waals surface area (Å²) in [5.41, 5.74) is 3.21. The Hall–Kier alpha value is -2.30. The molecule has 1 saturated heterocycles. The van der Waals surface area contributed by atoms with Crippen LogP contribution in [0.1, 0.15) is 46.2 Å². The molecule has 5 nitrogen and oxygen atoms in total. The minimum atomic E-state index is -0.0708. The lowest BCUT2D eigenvalue weighted by Crippen LogP contribution is -2.32. The van der Waals surface area contributed by atoms with Crippen molar-refractivity contribution in [2.45, 2.75) is 53.0 Å².